The highest BCUT2D eigenvalue weighted by atomic mass is 32.1. The number of hydrogen-bond donors (Lipinski definition) is 1. The van der Waals surface area contributed by atoms with Crippen molar-refractivity contribution >= 4 is 21.7 Å². The Hall–Kier alpha value is -2.21. The molecule has 0 aliphatic rings. The van der Waals surface area contributed by atoms with E-state index in [9.17, 15) is 4.79 Å². The standard InChI is InChI=1S/C12H9N3O2S/c1-17-8-4-2-7(3-5-8)9-10-11(18-15-9)12(16)14-6-13-10/h2-6H,1H3,(H,13,14,16). The van der Waals surface area contributed by atoms with E-state index in [2.05, 4.69) is 14.3 Å². The third-order valence-electron chi connectivity index (χ3n) is 2.63. The predicted molar refractivity (Wildman–Crippen MR) is 70.0 cm³/mol. The van der Waals surface area contributed by atoms with Crippen molar-refractivity contribution in [3.8, 4) is 17.0 Å². The fourth-order valence-electron chi connectivity index (χ4n) is 1.71. The number of nitrogens with zero attached hydrogens (tertiary/aromatic N) is 2. The van der Waals surface area contributed by atoms with Gasteiger partial charge in [0.15, 0.2) is 0 Å². The van der Waals surface area contributed by atoms with Crippen LogP contribution in [0.1, 0.15) is 0 Å². The van der Waals surface area contributed by atoms with E-state index < -0.39 is 0 Å². The zero-order valence-electron chi connectivity index (χ0n) is 9.51. The number of aromatic amines is 1. The monoisotopic (exact) mass is 259 g/mol. The van der Waals surface area contributed by atoms with Gasteiger partial charge in [0.25, 0.3) is 5.56 Å². The van der Waals surface area contributed by atoms with Crippen LogP contribution in [-0.4, -0.2) is 21.5 Å². The van der Waals surface area contributed by atoms with E-state index >= 15 is 0 Å². The summed E-state index contributed by atoms with van der Waals surface area (Å²) in [4.78, 5) is 18.3. The molecule has 1 N–H and O–H groups in total. The minimum atomic E-state index is -0.155. The lowest BCUT2D eigenvalue weighted by molar-refractivity contribution is 0.415. The van der Waals surface area contributed by atoms with E-state index in [4.69, 9.17) is 4.74 Å². The van der Waals surface area contributed by atoms with Crippen LogP contribution >= 0.6 is 11.5 Å². The van der Waals surface area contributed by atoms with Crippen LogP contribution in [0, 0.1) is 0 Å². The molecule has 0 bridgehead atoms. The molecule has 2 aromatic heterocycles. The second-order valence-corrected chi connectivity index (χ2v) is 4.44. The lowest BCUT2D eigenvalue weighted by Crippen LogP contribution is -2.03. The second-order valence-electron chi connectivity index (χ2n) is 3.67. The van der Waals surface area contributed by atoms with Gasteiger partial charge < -0.3 is 9.72 Å². The largest absolute Gasteiger partial charge is 0.497 e. The zero-order valence-corrected chi connectivity index (χ0v) is 10.3. The van der Waals surface area contributed by atoms with E-state index in [1.54, 1.807) is 7.11 Å². The highest BCUT2D eigenvalue weighted by Crippen LogP contribution is 2.28. The van der Waals surface area contributed by atoms with Crippen molar-refractivity contribution in [1.82, 2.24) is 14.3 Å². The van der Waals surface area contributed by atoms with Crippen LogP contribution in [0.15, 0.2) is 35.4 Å². The van der Waals surface area contributed by atoms with Gasteiger partial charge in [0.1, 0.15) is 21.7 Å². The molecule has 18 heavy (non-hydrogen) atoms. The molecule has 5 nitrogen and oxygen atoms in total. The first-order valence-electron chi connectivity index (χ1n) is 5.27. The van der Waals surface area contributed by atoms with Crippen LogP contribution in [0.5, 0.6) is 5.75 Å². The minimum absolute atomic E-state index is 0.155. The van der Waals surface area contributed by atoms with E-state index in [1.807, 2.05) is 24.3 Å². The van der Waals surface area contributed by atoms with Crippen LogP contribution < -0.4 is 10.3 Å². The third kappa shape index (κ3) is 1.67. The molecular weight excluding hydrogens is 250 g/mol. The normalized spacial score (nSPS) is 10.7. The average molecular weight is 259 g/mol. The van der Waals surface area contributed by atoms with Gasteiger partial charge in [-0.15, -0.1) is 0 Å². The Bertz CT molecular complexity index is 746. The maximum absolute atomic E-state index is 11.6. The molecule has 0 unspecified atom stereocenters. The molecule has 1 aromatic carbocycles. The molecule has 0 aliphatic heterocycles. The summed E-state index contributed by atoms with van der Waals surface area (Å²) >= 11 is 1.16. The smallest absolute Gasteiger partial charge is 0.270 e. The molecular formula is C12H9N3O2S. The van der Waals surface area contributed by atoms with Crippen LogP contribution in [0.3, 0.4) is 0 Å². The number of benzene rings is 1. The number of aromatic nitrogens is 3. The second kappa shape index (κ2) is 4.23. The van der Waals surface area contributed by atoms with Gasteiger partial charge in [-0.1, -0.05) is 0 Å². The number of ether oxygens (including phenoxy) is 1. The Labute approximate surface area is 106 Å². The first kappa shape index (κ1) is 10.9. The molecule has 0 fully saturated rings. The Morgan fingerprint density at radius 2 is 2.06 bits per heavy atom. The number of hydrogen-bond acceptors (Lipinski definition) is 5. The first-order chi connectivity index (χ1) is 8.79. The van der Waals surface area contributed by atoms with Crippen molar-refractivity contribution in [3.63, 3.8) is 0 Å². The van der Waals surface area contributed by atoms with Crippen LogP contribution in [-0.2, 0) is 0 Å². The van der Waals surface area contributed by atoms with E-state index in [0.29, 0.717) is 10.2 Å². The van der Waals surface area contributed by atoms with Crippen molar-refractivity contribution in [2.45, 2.75) is 0 Å². The van der Waals surface area contributed by atoms with Gasteiger partial charge in [-0.25, -0.2) is 4.98 Å². The van der Waals surface area contributed by atoms with Crippen molar-refractivity contribution < 1.29 is 4.74 Å². The van der Waals surface area contributed by atoms with Gasteiger partial charge in [0.05, 0.1) is 13.4 Å². The molecule has 0 saturated carbocycles. The summed E-state index contributed by atoms with van der Waals surface area (Å²) in [6.07, 6.45) is 1.39. The molecule has 0 atom stereocenters. The molecule has 3 aromatic rings. The lowest BCUT2D eigenvalue weighted by atomic mass is 10.1. The fraction of sp³-hybridized carbons (Fsp3) is 0.0833. The van der Waals surface area contributed by atoms with Crippen molar-refractivity contribution in [2.24, 2.45) is 0 Å². The number of rotatable bonds is 2. The molecule has 0 radical (unpaired) electrons. The van der Waals surface area contributed by atoms with E-state index in [-0.39, 0.29) is 5.56 Å². The van der Waals surface area contributed by atoms with Crippen LogP contribution in [0.25, 0.3) is 21.5 Å². The van der Waals surface area contributed by atoms with Crippen molar-refractivity contribution in [2.75, 3.05) is 7.11 Å². The Kier molecular flexibility index (Phi) is 2.56. The SMILES string of the molecule is COc1ccc(-c2nsc3c(=O)[nH]cnc23)cc1. The molecule has 2 heterocycles. The molecule has 90 valence electrons. The quantitative estimate of drug-likeness (QED) is 0.764. The Balaban J connectivity index is 2.19. The van der Waals surface area contributed by atoms with Crippen molar-refractivity contribution in [1.29, 1.82) is 0 Å². The highest BCUT2D eigenvalue weighted by Gasteiger charge is 2.11. The van der Waals surface area contributed by atoms with Crippen LogP contribution in [0.4, 0.5) is 0 Å². The van der Waals surface area contributed by atoms with Gasteiger partial charge in [-0.05, 0) is 35.8 Å². The van der Waals surface area contributed by atoms with E-state index in [0.717, 1.165) is 28.5 Å². The van der Waals surface area contributed by atoms with Crippen LogP contribution in [0.2, 0.25) is 0 Å². The molecule has 3 rings (SSSR count). The van der Waals surface area contributed by atoms with Gasteiger partial charge in [-0.2, -0.15) is 4.37 Å². The predicted octanol–water partition coefficient (Wildman–Crippen LogP) is 2.06. The molecule has 0 aliphatic carbocycles. The molecule has 0 saturated heterocycles. The summed E-state index contributed by atoms with van der Waals surface area (Å²) in [5.41, 5.74) is 2.12. The molecule has 0 amide bonds. The first-order valence-corrected chi connectivity index (χ1v) is 6.04. The summed E-state index contributed by atoms with van der Waals surface area (Å²) < 4.78 is 9.95. The summed E-state index contributed by atoms with van der Waals surface area (Å²) in [7, 11) is 1.62. The van der Waals surface area contributed by atoms with Crippen molar-refractivity contribution in [3.05, 3.63) is 40.9 Å². The van der Waals surface area contributed by atoms with Gasteiger partial charge in [-0.3, -0.25) is 4.79 Å². The van der Waals surface area contributed by atoms with E-state index in [1.165, 1.54) is 6.33 Å². The number of nitrogens with one attached hydrogen (secondary N) is 1. The minimum Gasteiger partial charge on any atom is -0.497 e. The Morgan fingerprint density at radius 3 is 2.78 bits per heavy atom. The third-order valence-corrected chi connectivity index (χ3v) is 3.46. The topological polar surface area (TPSA) is 67.9 Å². The number of methoxy groups -OCH3 is 1. The summed E-state index contributed by atoms with van der Waals surface area (Å²) in [6, 6.07) is 7.51. The summed E-state index contributed by atoms with van der Waals surface area (Å²) in [5, 5.41) is 0. The average Bonchev–Trinajstić information content (AvgIpc) is 2.84. The molecule has 6 heteroatoms. The number of fused-ring (bicyclic) bond motifs is 1. The Morgan fingerprint density at radius 1 is 1.28 bits per heavy atom. The summed E-state index contributed by atoms with van der Waals surface area (Å²) in [5.74, 6) is 0.782. The van der Waals surface area contributed by atoms with Gasteiger partial charge in [0.2, 0.25) is 0 Å². The molecule has 0 spiro atoms. The fourth-order valence-corrected chi connectivity index (χ4v) is 2.47. The maximum Gasteiger partial charge on any atom is 0.270 e. The lowest BCUT2D eigenvalue weighted by Gasteiger charge is -2.00. The van der Waals surface area contributed by atoms with Gasteiger partial charge in [0, 0.05) is 5.56 Å². The number of H-pyrrole nitrogens is 1. The summed E-state index contributed by atoms with van der Waals surface area (Å²) in [6.45, 7) is 0. The highest BCUT2D eigenvalue weighted by molar-refractivity contribution is 7.13. The maximum atomic E-state index is 11.6. The van der Waals surface area contributed by atoms with Gasteiger partial charge >= 0.3 is 0 Å². The zero-order chi connectivity index (χ0) is 12.5.